The molecule has 2 heterocycles. The van der Waals surface area contributed by atoms with Gasteiger partial charge in [0.1, 0.15) is 6.67 Å². The van der Waals surface area contributed by atoms with Gasteiger partial charge >= 0.3 is 6.18 Å². The van der Waals surface area contributed by atoms with Crippen LogP contribution < -0.4 is 11.1 Å². The lowest BCUT2D eigenvalue weighted by Crippen LogP contribution is -2.32. The highest BCUT2D eigenvalue weighted by atomic mass is 19.4. The van der Waals surface area contributed by atoms with Crippen LogP contribution in [0.1, 0.15) is 39.0 Å². The smallest absolute Gasteiger partial charge is 0.366 e. The van der Waals surface area contributed by atoms with E-state index in [-0.39, 0.29) is 17.3 Å². The number of alkyl halides is 4. The molecular weight excluding hydrogens is 380 g/mol. The number of aromatic nitrogens is 4. The lowest BCUT2D eigenvalue weighted by atomic mass is 9.98. The number of aromatic amines is 1. The maximum absolute atomic E-state index is 13.5. The summed E-state index contributed by atoms with van der Waals surface area (Å²) in [5.74, 6) is -1.29. The largest absolute Gasteiger partial charge is 0.418 e. The molecule has 0 unspecified atom stereocenters. The van der Waals surface area contributed by atoms with Gasteiger partial charge in [0.05, 0.1) is 17.3 Å². The number of nitrogens with two attached hydrogens (primary N) is 1. The number of nitrogens with zero attached hydrogens (tertiary/aromatic N) is 3. The standard InChI is InChI=1S/C17H14F4N6O/c18-8-9-3-5-10(6-4-9)12(24-15(28)14-25-16(22)27-26-14)13-11(17(19,20)21)2-1-7-23-13/h1-7,12H,8H2,(H,24,28)(H3,22,25,26,27)/t12-/m0/s1. The number of rotatable bonds is 5. The van der Waals surface area contributed by atoms with E-state index >= 15 is 0 Å². The van der Waals surface area contributed by atoms with Crippen LogP contribution in [-0.2, 0) is 12.9 Å². The maximum atomic E-state index is 13.5. The molecule has 0 saturated heterocycles. The summed E-state index contributed by atoms with van der Waals surface area (Å²) in [4.78, 5) is 19.9. The van der Waals surface area contributed by atoms with Gasteiger partial charge in [0.25, 0.3) is 5.91 Å². The Morgan fingerprint density at radius 2 is 1.93 bits per heavy atom. The summed E-state index contributed by atoms with van der Waals surface area (Å²) in [6.07, 6.45) is -3.51. The number of anilines is 1. The highest BCUT2D eigenvalue weighted by Crippen LogP contribution is 2.35. The third kappa shape index (κ3) is 4.08. The molecule has 1 atom stereocenters. The zero-order chi connectivity index (χ0) is 20.3. The highest BCUT2D eigenvalue weighted by Gasteiger charge is 2.37. The van der Waals surface area contributed by atoms with E-state index in [2.05, 4.69) is 25.5 Å². The maximum Gasteiger partial charge on any atom is 0.418 e. The molecule has 0 aliphatic carbocycles. The van der Waals surface area contributed by atoms with Gasteiger partial charge < -0.3 is 11.1 Å². The Hall–Kier alpha value is -3.50. The minimum absolute atomic E-state index is 0.192. The Morgan fingerprint density at radius 3 is 2.50 bits per heavy atom. The normalized spacial score (nSPS) is 12.6. The fourth-order valence-electron chi connectivity index (χ4n) is 2.57. The van der Waals surface area contributed by atoms with E-state index in [1.165, 1.54) is 30.5 Å². The minimum Gasteiger partial charge on any atom is -0.366 e. The second-order valence-electron chi connectivity index (χ2n) is 5.76. The molecule has 2 aromatic heterocycles. The third-order valence-corrected chi connectivity index (χ3v) is 3.88. The van der Waals surface area contributed by atoms with Gasteiger partial charge in [0.2, 0.25) is 11.8 Å². The van der Waals surface area contributed by atoms with Crippen LogP contribution in [0.2, 0.25) is 0 Å². The number of benzene rings is 1. The Balaban J connectivity index is 2.05. The first-order valence-electron chi connectivity index (χ1n) is 7.95. The van der Waals surface area contributed by atoms with Crippen LogP contribution in [0.5, 0.6) is 0 Å². The fraction of sp³-hybridized carbons (Fsp3) is 0.176. The van der Waals surface area contributed by atoms with Gasteiger partial charge in [-0.25, -0.2) is 4.39 Å². The van der Waals surface area contributed by atoms with Gasteiger partial charge in [-0.05, 0) is 23.3 Å². The predicted octanol–water partition coefficient (Wildman–Crippen LogP) is 2.79. The van der Waals surface area contributed by atoms with Crippen LogP contribution in [-0.4, -0.2) is 26.1 Å². The minimum atomic E-state index is -4.69. The summed E-state index contributed by atoms with van der Waals surface area (Å²) in [5, 5.41) is 8.24. The molecule has 28 heavy (non-hydrogen) atoms. The fourth-order valence-corrected chi connectivity index (χ4v) is 2.57. The third-order valence-electron chi connectivity index (χ3n) is 3.88. The second kappa shape index (κ2) is 7.62. The number of pyridine rings is 1. The lowest BCUT2D eigenvalue weighted by Gasteiger charge is -2.22. The van der Waals surface area contributed by atoms with Gasteiger partial charge in [-0.15, -0.1) is 5.10 Å². The molecule has 4 N–H and O–H groups in total. The van der Waals surface area contributed by atoms with Crippen LogP contribution in [0.15, 0.2) is 42.6 Å². The molecule has 0 radical (unpaired) electrons. The van der Waals surface area contributed by atoms with Crippen molar-refractivity contribution in [3.63, 3.8) is 0 Å². The van der Waals surface area contributed by atoms with Gasteiger partial charge in [0, 0.05) is 6.20 Å². The average molecular weight is 394 g/mol. The quantitative estimate of drug-likeness (QED) is 0.577. The molecule has 0 bridgehead atoms. The molecule has 11 heteroatoms. The zero-order valence-electron chi connectivity index (χ0n) is 14.2. The highest BCUT2D eigenvalue weighted by molar-refractivity contribution is 5.91. The number of nitrogens with one attached hydrogen (secondary N) is 2. The number of carbonyl (C=O) groups is 1. The van der Waals surface area contributed by atoms with Crippen LogP contribution in [0.25, 0.3) is 0 Å². The van der Waals surface area contributed by atoms with Gasteiger partial charge in [-0.1, -0.05) is 24.3 Å². The molecule has 0 saturated carbocycles. The van der Waals surface area contributed by atoms with E-state index < -0.39 is 36.1 Å². The first-order chi connectivity index (χ1) is 13.3. The van der Waals surface area contributed by atoms with Crippen molar-refractivity contribution in [3.8, 4) is 0 Å². The summed E-state index contributed by atoms with van der Waals surface area (Å²) in [6, 6.07) is 6.41. The number of amides is 1. The van der Waals surface area contributed by atoms with E-state index in [0.717, 1.165) is 12.1 Å². The Morgan fingerprint density at radius 1 is 1.21 bits per heavy atom. The number of carbonyl (C=O) groups excluding carboxylic acids is 1. The monoisotopic (exact) mass is 394 g/mol. The number of hydrogen-bond acceptors (Lipinski definition) is 5. The Kier molecular flexibility index (Phi) is 5.25. The summed E-state index contributed by atoms with van der Waals surface area (Å²) < 4.78 is 53.2. The summed E-state index contributed by atoms with van der Waals surface area (Å²) in [5.41, 5.74) is 4.55. The van der Waals surface area contributed by atoms with Crippen molar-refractivity contribution >= 4 is 11.9 Å². The molecular formula is C17H14F4N6O. The molecule has 7 nitrogen and oxygen atoms in total. The van der Waals surface area contributed by atoms with Crippen LogP contribution in [0, 0.1) is 0 Å². The van der Waals surface area contributed by atoms with Gasteiger partial charge in [-0.2, -0.15) is 18.2 Å². The van der Waals surface area contributed by atoms with E-state index in [1.54, 1.807) is 0 Å². The van der Waals surface area contributed by atoms with Crippen LogP contribution in [0.4, 0.5) is 23.5 Å². The van der Waals surface area contributed by atoms with E-state index in [4.69, 9.17) is 5.73 Å². The predicted molar refractivity (Wildman–Crippen MR) is 90.6 cm³/mol. The Labute approximate surface area is 156 Å². The van der Waals surface area contributed by atoms with Crippen molar-refractivity contribution < 1.29 is 22.4 Å². The molecule has 1 amide bonds. The summed E-state index contributed by atoms with van der Waals surface area (Å²) in [7, 11) is 0. The first kappa shape index (κ1) is 19.3. The van der Waals surface area contributed by atoms with Crippen molar-refractivity contribution in [1.82, 2.24) is 25.5 Å². The lowest BCUT2D eigenvalue weighted by molar-refractivity contribution is -0.138. The summed E-state index contributed by atoms with van der Waals surface area (Å²) in [6.45, 7) is -0.730. The van der Waals surface area contributed by atoms with E-state index in [1.807, 2.05) is 0 Å². The SMILES string of the molecule is Nc1n[nH]c(C(=O)N[C@@H](c2ccc(CF)cc2)c2ncccc2C(F)(F)F)n1. The number of hydrogen-bond donors (Lipinski definition) is 3. The number of H-pyrrole nitrogens is 1. The average Bonchev–Trinajstić information content (AvgIpc) is 3.12. The van der Waals surface area contributed by atoms with Gasteiger partial charge in [0.15, 0.2) is 0 Å². The molecule has 3 aromatic rings. The zero-order valence-corrected chi connectivity index (χ0v) is 14.2. The van der Waals surface area contributed by atoms with E-state index in [9.17, 15) is 22.4 Å². The molecule has 146 valence electrons. The number of halogens is 4. The van der Waals surface area contributed by atoms with Gasteiger partial charge in [-0.3, -0.25) is 14.9 Å². The molecule has 1 aromatic carbocycles. The Bertz CT molecular complexity index is 970. The van der Waals surface area contributed by atoms with Crippen molar-refractivity contribution in [2.24, 2.45) is 0 Å². The van der Waals surface area contributed by atoms with Crippen molar-refractivity contribution in [2.75, 3.05) is 5.73 Å². The van der Waals surface area contributed by atoms with E-state index in [0.29, 0.717) is 5.56 Å². The van der Waals surface area contributed by atoms with Crippen LogP contribution >= 0.6 is 0 Å². The summed E-state index contributed by atoms with van der Waals surface area (Å²) >= 11 is 0. The molecule has 0 fully saturated rings. The molecule has 0 spiro atoms. The first-order valence-corrected chi connectivity index (χ1v) is 7.95. The van der Waals surface area contributed by atoms with Crippen molar-refractivity contribution in [3.05, 3.63) is 70.8 Å². The molecule has 3 rings (SSSR count). The topological polar surface area (TPSA) is 110 Å². The molecule has 0 aliphatic heterocycles. The second-order valence-corrected chi connectivity index (χ2v) is 5.76. The van der Waals surface area contributed by atoms with Crippen LogP contribution in [0.3, 0.4) is 0 Å². The van der Waals surface area contributed by atoms with Crippen molar-refractivity contribution in [1.29, 1.82) is 0 Å². The number of nitrogen functional groups attached to an aromatic ring is 1. The molecule has 0 aliphatic rings. The van der Waals surface area contributed by atoms with Crippen molar-refractivity contribution in [2.45, 2.75) is 18.9 Å².